The molecule has 0 amide bonds. The van der Waals surface area contributed by atoms with Crippen LogP contribution in [0.1, 0.15) is 80.6 Å². The lowest BCUT2D eigenvalue weighted by atomic mass is 9.92. The molecule has 3 heterocycles. The maximum Gasteiger partial charge on any atom is 0.339 e. The van der Waals surface area contributed by atoms with Crippen LogP contribution in [0.15, 0.2) is 35.5 Å². The summed E-state index contributed by atoms with van der Waals surface area (Å²) >= 11 is 0. The summed E-state index contributed by atoms with van der Waals surface area (Å²) < 4.78 is 35.5. The molecule has 2 saturated carbocycles. The fourth-order valence-corrected chi connectivity index (χ4v) is 8.17. The van der Waals surface area contributed by atoms with Crippen molar-refractivity contribution in [3.8, 4) is 0 Å². The minimum Gasteiger partial charge on any atom is -0.465 e. The number of carbonyl (C=O) groups excluding carboxylic acids is 1. The van der Waals surface area contributed by atoms with Crippen molar-refractivity contribution in [2.45, 2.75) is 93.3 Å². The lowest BCUT2D eigenvalue weighted by Crippen LogP contribution is -2.42. The zero-order chi connectivity index (χ0) is 29.3. The highest BCUT2D eigenvalue weighted by molar-refractivity contribution is 7.89. The van der Waals surface area contributed by atoms with Gasteiger partial charge in [-0.1, -0.05) is 25.0 Å². The zero-order valence-corrected chi connectivity index (χ0v) is 27.3. The standard InChI is InChI=1S/C29H40N8O4S.2ClH/c1-41-28(38)23-8-4-5-9-24(23)42(39,40)36-16-14-21(15-17-36)32-26-25-27(37(18-31-25)22-6-2-3-7-22)35-29(34-26)33-20-12-10-19(30)11-13-20;;/h4-5,8-9,18-22H,2-3,6-7,10-17,30H2,1H3,(H2,32,33,34,35);2*1H/t19-,20-;;. The third-order valence-corrected chi connectivity index (χ3v) is 10.9. The summed E-state index contributed by atoms with van der Waals surface area (Å²) in [5, 5.41) is 7.14. The Balaban J connectivity index is 0.00000221. The van der Waals surface area contributed by atoms with Gasteiger partial charge in [-0.2, -0.15) is 14.3 Å². The van der Waals surface area contributed by atoms with E-state index in [1.54, 1.807) is 12.1 Å². The van der Waals surface area contributed by atoms with Crippen LogP contribution in [0, 0.1) is 0 Å². The number of piperidine rings is 1. The average molecular weight is 670 g/mol. The van der Waals surface area contributed by atoms with Crippen LogP contribution in [0.3, 0.4) is 0 Å². The first kappa shape index (κ1) is 34.2. The number of hydrogen-bond donors (Lipinski definition) is 3. The number of methoxy groups -OCH3 is 1. The van der Waals surface area contributed by atoms with Crippen molar-refractivity contribution in [1.29, 1.82) is 0 Å². The molecule has 2 aromatic heterocycles. The van der Waals surface area contributed by atoms with E-state index in [4.69, 9.17) is 25.4 Å². The molecule has 3 fully saturated rings. The summed E-state index contributed by atoms with van der Waals surface area (Å²) in [6.45, 7) is 0.626. The van der Waals surface area contributed by atoms with Gasteiger partial charge >= 0.3 is 5.97 Å². The topological polar surface area (TPSA) is 157 Å². The number of nitrogens with zero attached hydrogens (tertiary/aromatic N) is 5. The van der Waals surface area contributed by atoms with Crippen molar-refractivity contribution >= 4 is 63.7 Å². The number of imidazole rings is 1. The highest BCUT2D eigenvalue weighted by Crippen LogP contribution is 2.34. The van der Waals surface area contributed by atoms with Gasteiger partial charge in [0.05, 0.1) is 23.9 Å². The minimum absolute atomic E-state index is 0. The number of rotatable bonds is 8. The van der Waals surface area contributed by atoms with Gasteiger partial charge in [-0.25, -0.2) is 18.2 Å². The van der Waals surface area contributed by atoms with Crippen LogP contribution >= 0.6 is 24.8 Å². The number of carbonyl (C=O) groups is 1. The fraction of sp³-hybridized carbons (Fsp3) is 0.586. The molecule has 1 saturated heterocycles. The highest BCUT2D eigenvalue weighted by atomic mass is 35.5. The molecular weight excluding hydrogens is 627 g/mol. The van der Waals surface area contributed by atoms with Crippen molar-refractivity contribution in [2.75, 3.05) is 30.8 Å². The molecule has 0 atom stereocenters. The van der Waals surface area contributed by atoms with Gasteiger partial charge in [0, 0.05) is 37.3 Å². The smallest absolute Gasteiger partial charge is 0.339 e. The largest absolute Gasteiger partial charge is 0.465 e. The predicted molar refractivity (Wildman–Crippen MR) is 174 cm³/mol. The number of benzene rings is 1. The molecule has 4 N–H and O–H groups in total. The third-order valence-electron chi connectivity index (χ3n) is 8.95. The summed E-state index contributed by atoms with van der Waals surface area (Å²) in [7, 11) is -2.62. The van der Waals surface area contributed by atoms with Gasteiger partial charge in [0.2, 0.25) is 16.0 Å². The summed E-state index contributed by atoms with van der Waals surface area (Å²) in [5.74, 6) is 0.588. The molecule has 12 nitrogen and oxygen atoms in total. The van der Waals surface area contributed by atoms with Crippen LogP contribution in [0.5, 0.6) is 0 Å². The number of ether oxygens (including phenoxy) is 1. The van der Waals surface area contributed by atoms with Crippen LogP contribution in [-0.2, 0) is 14.8 Å². The van der Waals surface area contributed by atoms with Gasteiger partial charge in [0.15, 0.2) is 17.0 Å². The van der Waals surface area contributed by atoms with Crippen molar-refractivity contribution in [3.05, 3.63) is 36.2 Å². The molecule has 0 bridgehead atoms. The van der Waals surface area contributed by atoms with Crippen LogP contribution < -0.4 is 16.4 Å². The van der Waals surface area contributed by atoms with E-state index in [9.17, 15) is 13.2 Å². The van der Waals surface area contributed by atoms with Crippen LogP contribution in [0.25, 0.3) is 11.2 Å². The van der Waals surface area contributed by atoms with E-state index in [-0.39, 0.29) is 53.4 Å². The van der Waals surface area contributed by atoms with E-state index in [2.05, 4.69) is 15.2 Å². The fourth-order valence-electron chi connectivity index (χ4n) is 6.52. The van der Waals surface area contributed by atoms with E-state index in [1.165, 1.54) is 36.4 Å². The van der Waals surface area contributed by atoms with Gasteiger partial charge in [-0.3, -0.25) is 0 Å². The van der Waals surface area contributed by atoms with Crippen molar-refractivity contribution in [1.82, 2.24) is 23.8 Å². The number of anilines is 2. The Hall–Kier alpha value is -2.71. The number of sulfonamides is 1. The summed E-state index contributed by atoms with van der Waals surface area (Å²) in [4.78, 5) is 26.8. The molecule has 3 aromatic rings. The molecule has 1 aromatic carbocycles. The lowest BCUT2D eigenvalue weighted by molar-refractivity contribution is 0.0596. The van der Waals surface area contributed by atoms with E-state index < -0.39 is 16.0 Å². The molecule has 15 heteroatoms. The summed E-state index contributed by atoms with van der Waals surface area (Å²) in [5.41, 5.74) is 7.73. The van der Waals surface area contributed by atoms with Crippen molar-refractivity contribution in [2.24, 2.45) is 5.73 Å². The Kier molecular flexibility index (Phi) is 11.3. The molecule has 0 radical (unpaired) electrons. The maximum absolute atomic E-state index is 13.5. The molecule has 242 valence electrons. The van der Waals surface area contributed by atoms with Gasteiger partial charge in [0.25, 0.3) is 0 Å². The number of hydrogen-bond acceptors (Lipinski definition) is 10. The van der Waals surface area contributed by atoms with Gasteiger partial charge < -0.3 is 25.7 Å². The summed E-state index contributed by atoms with van der Waals surface area (Å²) in [6.07, 6.45) is 11.6. The normalized spacial score (nSPS) is 21.8. The minimum atomic E-state index is -3.87. The number of aromatic nitrogens is 4. The number of nitrogens with two attached hydrogens (primary N) is 1. The molecule has 2 aliphatic carbocycles. The molecule has 3 aliphatic rings. The molecule has 6 rings (SSSR count). The van der Waals surface area contributed by atoms with Crippen molar-refractivity contribution in [3.63, 3.8) is 0 Å². The van der Waals surface area contributed by atoms with Gasteiger partial charge in [0.1, 0.15) is 0 Å². The Morgan fingerprint density at radius 1 is 0.932 bits per heavy atom. The number of halogens is 2. The SMILES string of the molecule is COC(=O)c1ccccc1S(=O)(=O)N1CCC(Nc2nc(N[C@H]3CC[C@H](N)CC3)nc3c2ncn3C2CCCC2)CC1.Cl.Cl. The second kappa shape index (κ2) is 14.6. The van der Waals surface area contributed by atoms with E-state index >= 15 is 0 Å². The number of esters is 1. The van der Waals surface area contributed by atoms with Gasteiger partial charge in [-0.15, -0.1) is 24.8 Å². The van der Waals surface area contributed by atoms with E-state index in [0.29, 0.717) is 43.7 Å². The maximum atomic E-state index is 13.5. The Morgan fingerprint density at radius 2 is 1.59 bits per heavy atom. The molecule has 1 aliphatic heterocycles. The summed E-state index contributed by atoms with van der Waals surface area (Å²) in [6, 6.07) is 7.11. The zero-order valence-electron chi connectivity index (χ0n) is 24.9. The predicted octanol–water partition coefficient (Wildman–Crippen LogP) is 4.52. The molecular formula is C29H42Cl2N8O4S. The van der Waals surface area contributed by atoms with Crippen LogP contribution in [0.4, 0.5) is 11.8 Å². The highest BCUT2D eigenvalue weighted by Gasteiger charge is 2.33. The van der Waals surface area contributed by atoms with E-state index in [1.807, 2.05) is 6.33 Å². The quantitative estimate of drug-likeness (QED) is 0.292. The third kappa shape index (κ3) is 7.07. The Labute approximate surface area is 270 Å². The first-order chi connectivity index (χ1) is 20.3. The van der Waals surface area contributed by atoms with Crippen molar-refractivity contribution < 1.29 is 17.9 Å². The average Bonchev–Trinajstić information content (AvgIpc) is 3.69. The van der Waals surface area contributed by atoms with Crippen LogP contribution in [0.2, 0.25) is 0 Å². The number of fused-ring (bicyclic) bond motifs is 1. The monoisotopic (exact) mass is 668 g/mol. The Morgan fingerprint density at radius 3 is 2.27 bits per heavy atom. The molecule has 0 unspecified atom stereocenters. The Bertz CT molecular complexity index is 1530. The second-order valence-corrected chi connectivity index (χ2v) is 13.6. The number of nitrogens with one attached hydrogen (secondary N) is 2. The molecule has 0 spiro atoms. The van der Waals surface area contributed by atoms with E-state index in [0.717, 1.165) is 49.7 Å². The second-order valence-electron chi connectivity index (χ2n) is 11.7. The lowest BCUT2D eigenvalue weighted by Gasteiger charge is -2.32. The van der Waals surface area contributed by atoms with Gasteiger partial charge in [-0.05, 0) is 63.5 Å². The first-order valence-electron chi connectivity index (χ1n) is 15.0. The van der Waals surface area contributed by atoms with Crippen LogP contribution in [-0.4, -0.2) is 76.5 Å². The first-order valence-corrected chi connectivity index (χ1v) is 16.5. The molecule has 44 heavy (non-hydrogen) atoms.